The van der Waals surface area contributed by atoms with Gasteiger partial charge in [-0.1, -0.05) is 32.0 Å². The highest BCUT2D eigenvalue weighted by molar-refractivity contribution is 5.79. The molecule has 3 heteroatoms. The standard InChI is InChI=1S/C19H28N2O/c1-15(2)14-20-8-10-21(11-9-20)19(22)13-16-6-7-17-4-3-5-18(17)12-16/h6-7,12,15H,3-5,8-11,13-14H2,1-2H3. The maximum absolute atomic E-state index is 12.5. The third kappa shape index (κ3) is 3.70. The summed E-state index contributed by atoms with van der Waals surface area (Å²) in [5, 5.41) is 0. The van der Waals surface area contributed by atoms with Crippen LogP contribution in [0.5, 0.6) is 0 Å². The highest BCUT2D eigenvalue weighted by Crippen LogP contribution is 2.23. The summed E-state index contributed by atoms with van der Waals surface area (Å²) in [6.45, 7) is 9.47. The number of piperazine rings is 1. The number of carbonyl (C=O) groups is 1. The molecule has 1 saturated heterocycles. The lowest BCUT2D eigenvalue weighted by Gasteiger charge is -2.35. The summed E-state index contributed by atoms with van der Waals surface area (Å²) in [7, 11) is 0. The second-order valence-corrected chi connectivity index (χ2v) is 7.21. The van der Waals surface area contributed by atoms with Crippen molar-refractivity contribution in [2.45, 2.75) is 39.5 Å². The first-order valence-electron chi connectivity index (χ1n) is 8.72. The fourth-order valence-electron chi connectivity index (χ4n) is 3.72. The SMILES string of the molecule is CC(C)CN1CCN(C(=O)Cc2ccc3c(c2)CCC3)CC1. The molecule has 120 valence electrons. The van der Waals surface area contributed by atoms with Gasteiger partial charge < -0.3 is 4.90 Å². The van der Waals surface area contributed by atoms with Crippen LogP contribution in [0, 0.1) is 5.92 Å². The Kier molecular flexibility index (Phi) is 4.82. The lowest BCUT2D eigenvalue weighted by Crippen LogP contribution is -2.49. The number of benzene rings is 1. The maximum Gasteiger partial charge on any atom is 0.227 e. The second kappa shape index (κ2) is 6.82. The Bertz CT molecular complexity index is 530. The Labute approximate surface area is 134 Å². The van der Waals surface area contributed by atoms with Gasteiger partial charge in [0.1, 0.15) is 0 Å². The summed E-state index contributed by atoms with van der Waals surface area (Å²) in [4.78, 5) is 17.0. The molecule has 1 heterocycles. The van der Waals surface area contributed by atoms with Gasteiger partial charge in [0.2, 0.25) is 5.91 Å². The Morgan fingerprint density at radius 2 is 1.82 bits per heavy atom. The third-order valence-electron chi connectivity index (χ3n) is 4.87. The van der Waals surface area contributed by atoms with Crippen LogP contribution in [-0.4, -0.2) is 48.4 Å². The number of hydrogen-bond donors (Lipinski definition) is 0. The predicted octanol–water partition coefficient (Wildman–Crippen LogP) is 2.52. The molecule has 0 N–H and O–H groups in total. The lowest BCUT2D eigenvalue weighted by atomic mass is 10.0. The van der Waals surface area contributed by atoms with E-state index in [0.29, 0.717) is 18.2 Å². The Morgan fingerprint density at radius 1 is 1.09 bits per heavy atom. The van der Waals surface area contributed by atoms with Crippen LogP contribution in [0.3, 0.4) is 0 Å². The van der Waals surface area contributed by atoms with E-state index in [0.717, 1.165) is 32.7 Å². The summed E-state index contributed by atoms with van der Waals surface area (Å²) >= 11 is 0. The summed E-state index contributed by atoms with van der Waals surface area (Å²) in [6.07, 6.45) is 4.23. The number of hydrogen-bond acceptors (Lipinski definition) is 2. The molecule has 0 unspecified atom stereocenters. The zero-order valence-corrected chi connectivity index (χ0v) is 14.0. The molecule has 0 bridgehead atoms. The van der Waals surface area contributed by atoms with Crippen molar-refractivity contribution in [1.82, 2.24) is 9.80 Å². The van der Waals surface area contributed by atoms with E-state index in [9.17, 15) is 4.79 Å². The molecule has 3 nitrogen and oxygen atoms in total. The van der Waals surface area contributed by atoms with E-state index in [1.165, 1.54) is 36.0 Å². The van der Waals surface area contributed by atoms with E-state index in [1.54, 1.807) is 0 Å². The van der Waals surface area contributed by atoms with Gasteiger partial charge in [0.15, 0.2) is 0 Å². The first-order chi connectivity index (χ1) is 10.6. The zero-order valence-electron chi connectivity index (χ0n) is 14.0. The number of nitrogens with zero attached hydrogens (tertiary/aromatic N) is 2. The molecular formula is C19H28N2O. The van der Waals surface area contributed by atoms with E-state index >= 15 is 0 Å². The molecule has 0 aromatic heterocycles. The van der Waals surface area contributed by atoms with Crippen LogP contribution in [0.4, 0.5) is 0 Å². The van der Waals surface area contributed by atoms with Crippen molar-refractivity contribution in [3.8, 4) is 0 Å². The second-order valence-electron chi connectivity index (χ2n) is 7.21. The van der Waals surface area contributed by atoms with Crippen LogP contribution in [0.15, 0.2) is 18.2 Å². The number of amides is 1. The summed E-state index contributed by atoms with van der Waals surface area (Å²) in [5.41, 5.74) is 4.14. The fraction of sp³-hybridized carbons (Fsp3) is 0.632. The first kappa shape index (κ1) is 15.5. The molecule has 1 aliphatic heterocycles. The van der Waals surface area contributed by atoms with Crippen molar-refractivity contribution in [2.75, 3.05) is 32.7 Å². The van der Waals surface area contributed by atoms with Crippen LogP contribution < -0.4 is 0 Å². The van der Waals surface area contributed by atoms with E-state index < -0.39 is 0 Å². The lowest BCUT2D eigenvalue weighted by molar-refractivity contribution is -0.132. The quantitative estimate of drug-likeness (QED) is 0.853. The Morgan fingerprint density at radius 3 is 2.55 bits per heavy atom. The summed E-state index contributed by atoms with van der Waals surface area (Å²) in [5.74, 6) is 0.996. The Balaban J connectivity index is 1.52. The van der Waals surface area contributed by atoms with Gasteiger partial charge in [-0.15, -0.1) is 0 Å². The van der Waals surface area contributed by atoms with Crippen LogP contribution in [0.1, 0.15) is 37.0 Å². The predicted molar refractivity (Wildman–Crippen MR) is 90.0 cm³/mol. The summed E-state index contributed by atoms with van der Waals surface area (Å²) in [6, 6.07) is 6.64. The molecule has 2 aliphatic rings. The van der Waals surface area contributed by atoms with Crippen LogP contribution >= 0.6 is 0 Å². The fourth-order valence-corrected chi connectivity index (χ4v) is 3.72. The van der Waals surface area contributed by atoms with E-state index in [1.807, 2.05) is 4.90 Å². The smallest absolute Gasteiger partial charge is 0.227 e. The van der Waals surface area contributed by atoms with Gasteiger partial charge in [0.25, 0.3) is 0 Å². The molecule has 1 fully saturated rings. The molecule has 1 aromatic rings. The highest BCUT2D eigenvalue weighted by Gasteiger charge is 2.22. The first-order valence-corrected chi connectivity index (χ1v) is 8.72. The maximum atomic E-state index is 12.5. The molecule has 22 heavy (non-hydrogen) atoms. The Hall–Kier alpha value is -1.35. The van der Waals surface area contributed by atoms with Gasteiger partial charge in [-0.25, -0.2) is 0 Å². The number of carbonyl (C=O) groups excluding carboxylic acids is 1. The van der Waals surface area contributed by atoms with Gasteiger partial charge in [0, 0.05) is 32.7 Å². The third-order valence-corrected chi connectivity index (χ3v) is 4.87. The minimum Gasteiger partial charge on any atom is -0.340 e. The van der Waals surface area contributed by atoms with Gasteiger partial charge in [-0.2, -0.15) is 0 Å². The van der Waals surface area contributed by atoms with Crippen molar-refractivity contribution < 1.29 is 4.79 Å². The molecule has 0 spiro atoms. The van der Waals surface area contributed by atoms with Crippen molar-refractivity contribution in [3.63, 3.8) is 0 Å². The minimum atomic E-state index is 0.294. The van der Waals surface area contributed by atoms with Gasteiger partial charge in [-0.05, 0) is 41.9 Å². The van der Waals surface area contributed by atoms with E-state index in [2.05, 4.69) is 36.9 Å². The van der Waals surface area contributed by atoms with Crippen molar-refractivity contribution in [1.29, 1.82) is 0 Å². The molecule has 0 atom stereocenters. The summed E-state index contributed by atoms with van der Waals surface area (Å²) < 4.78 is 0. The average molecular weight is 300 g/mol. The van der Waals surface area contributed by atoms with Crippen molar-refractivity contribution in [2.24, 2.45) is 5.92 Å². The molecular weight excluding hydrogens is 272 g/mol. The van der Waals surface area contributed by atoms with Crippen LogP contribution in [-0.2, 0) is 24.1 Å². The van der Waals surface area contributed by atoms with Crippen LogP contribution in [0.2, 0.25) is 0 Å². The van der Waals surface area contributed by atoms with Gasteiger partial charge in [-0.3, -0.25) is 9.69 Å². The molecule has 1 aliphatic carbocycles. The van der Waals surface area contributed by atoms with Crippen molar-refractivity contribution in [3.05, 3.63) is 34.9 Å². The van der Waals surface area contributed by atoms with E-state index in [4.69, 9.17) is 0 Å². The molecule has 0 saturated carbocycles. The average Bonchev–Trinajstić information content (AvgIpc) is 2.95. The number of aryl methyl sites for hydroxylation is 2. The number of fused-ring (bicyclic) bond motifs is 1. The van der Waals surface area contributed by atoms with Gasteiger partial charge in [0.05, 0.1) is 6.42 Å². The van der Waals surface area contributed by atoms with Crippen LogP contribution in [0.25, 0.3) is 0 Å². The highest BCUT2D eigenvalue weighted by atomic mass is 16.2. The molecule has 1 amide bonds. The molecule has 1 aromatic carbocycles. The van der Waals surface area contributed by atoms with E-state index in [-0.39, 0.29) is 0 Å². The topological polar surface area (TPSA) is 23.6 Å². The van der Waals surface area contributed by atoms with Gasteiger partial charge >= 0.3 is 0 Å². The number of rotatable bonds is 4. The monoisotopic (exact) mass is 300 g/mol. The normalized spacial score (nSPS) is 18.8. The molecule has 0 radical (unpaired) electrons. The zero-order chi connectivity index (χ0) is 15.5. The minimum absolute atomic E-state index is 0.294. The molecule has 3 rings (SSSR count). The largest absolute Gasteiger partial charge is 0.340 e. The van der Waals surface area contributed by atoms with Crippen molar-refractivity contribution >= 4 is 5.91 Å².